The van der Waals surface area contributed by atoms with Crippen molar-refractivity contribution >= 4 is 12.1 Å². The van der Waals surface area contributed by atoms with Crippen molar-refractivity contribution in [3.8, 4) is 5.75 Å². The van der Waals surface area contributed by atoms with Crippen LogP contribution in [0.5, 0.6) is 5.75 Å². The molecule has 102 valence electrons. The number of nitrogens with zero attached hydrogens (tertiary/aromatic N) is 2. The number of benzene rings is 1. The molecule has 0 bridgehead atoms. The highest BCUT2D eigenvalue weighted by molar-refractivity contribution is 5.93. The number of aromatic amines is 1. The maximum atomic E-state index is 11.8. The van der Waals surface area contributed by atoms with Crippen LogP contribution >= 0.6 is 0 Å². The number of phenolic OH excluding ortho intramolecular Hbond substituents is 1. The van der Waals surface area contributed by atoms with Crippen LogP contribution in [0.15, 0.2) is 35.4 Å². The number of rotatable bonds is 4. The maximum Gasteiger partial charge on any atom is 0.291 e. The first kappa shape index (κ1) is 12.4. The second-order valence-electron chi connectivity index (χ2n) is 4.78. The molecule has 0 atom stereocenters. The lowest BCUT2D eigenvalue weighted by Crippen LogP contribution is -2.18. The molecule has 3 rings (SSSR count). The van der Waals surface area contributed by atoms with Gasteiger partial charge in [0, 0.05) is 11.6 Å². The van der Waals surface area contributed by atoms with Crippen LogP contribution in [0.1, 0.15) is 40.5 Å². The molecule has 0 aliphatic heterocycles. The Kier molecular flexibility index (Phi) is 3.20. The molecule has 1 aromatic carbocycles. The molecule has 3 N–H and O–H groups in total. The number of amides is 1. The van der Waals surface area contributed by atoms with E-state index in [-0.39, 0.29) is 11.7 Å². The third-order valence-corrected chi connectivity index (χ3v) is 3.10. The largest absolute Gasteiger partial charge is 0.508 e. The van der Waals surface area contributed by atoms with E-state index in [0.29, 0.717) is 17.2 Å². The van der Waals surface area contributed by atoms with E-state index in [1.165, 1.54) is 6.21 Å². The van der Waals surface area contributed by atoms with Gasteiger partial charge in [0.15, 0.2) is 5.69 Å². The molecule has 0 spiro atoms. The van der Waals surface area contributed by atoms with Gasteiger partial charge >= 0.3 is 0 Å². The van der Waals surface area contributed by atoms with Crippen molar-refractivity contribution in [1.29, 1.82) is 0 Å². The highest BCUT2D eigenvalue weighted by Crippen LogP contribution is 2.38. The van der Waals surface area contributed by atoms with Crippen LogP contribution in [-0.4, -0.2) is 27.4 Å². The molecule has 1 aliphatic rings. The Hall–Kier alpha value is -2.63. The first-order valence-corrected chi connectivity index (χ1v) is 6.40. The van der Waals surface area contributed by atoms with E-state index in [2.05, 4.69) is 20.7 Å². The smallest absolute Gasteiger partial charge is 0.291 e. The summed E-state index contributed by atoms with van der Waals surface area (Å²) in [7, 11) is 0. The Morgan fingerprint density at radius 3 is 3.05 bits per heavy atom. The zero-order valence-electron chi connectivity index (χ0n) is 10.7. The lowest BCUT2D eigenvalue weighted by atomic mass is 10.2. The minimum Gasteiger partial charge on any atom is -0.508 e. The van der Waals surface area contributed by atoms with Crippen molar-refractivity contribution in [2.24, 2.45) is 5.10 Å². The van der Waals surface area contributed by atoms with Gasteiger partial charge in [0.1, 0.15) is 5.75 Å². The van der Waals surface area contributed by atoms with Crippen LogP contribution in [0, 0.1) is 0 Å². The monoisotopic (exact) mass is 270 g/mol. The number of H-pyrrole nitrogens is 1. The molecule has 2 aromatic rings. The molecule has 20 heavy (non-hydrogen) atoms. The molecule has 6 nitrogen and oxygen atoms in total. The lowest BCUT2D eigenvalue weighted by molar-refractivity contribution is 0.0950. The van der Waals surface area contributed by atoms with E-state index in [1.54, 1.807) is 30.3 Å². The van der Waals surface area contributed by atoms with Crippen molar-refractivity contribution in [3.63, 3.8) is 0 Å². The summed E-state index contributed by atoms with van der Waals surface area (Å²) in [6, 6.07) is 8.36. The SMILES string of the molecule is O=C(N/N=C/c1cccc(O)c1)c1cc(C2CC2)[nH]n1. The van der Waals surface area contributed by atoms with Gasteiger partial charge in [0.05, 0.1) is 6.21 Å². The van der Waals surface area contributed by atoms with E-state index < -0.39 is 0 Å². The minimum atomic E-state index is -0.357. The third-order valence-electron chi connectivity index (χ3n) is 3.10. The Morgan fingerprint density at radius 1 is 1.45 bits per heavy atom. The predicted molar refractivity (Wildman–Crippen MR) is 73.7 cm³/mol. The van der Waals surface area contributed by atoms with Crippen molar-refractivity contribution in [1.82, 2.24) is 15.6 Å². The summed E-state index contributed by atoms with van der Waals surface area (Å²) in [6.45, 7) is 0. The number of aromatic hydroxyl groups is 1. The number of hydrogen-bond donors (Lipinski definition) is 3. The van der Waals surface area contributed by atoms with Crippen molar-refractivity contribution in [2.75, 3.05) is 0 Å². The Bertz CT molecular complexity index is 659. The van der Waals surface area contributed by atoms with Gasteiger partial charge in [0.2, 0.25) is 0 Å². The maximum absolute atomic E-state index is 11.8. The summed E-state index contributed by atoms with van der Waals surface area (Å²) in [5.41, 5.74) is 4.45. The third kappa shape index (κ3) is 2.85. The van der Waals surface area contributed by atoms with Gasteiger partial charge in [-0.2, -0.15) is 10.2 Å². The molecule has 0 saturated heterocycles. The highest BCUT2D eigenvalue weighted by Gasteiger charge is 2.26. The standard InChI is InChI=1S/C14H14N4O2/c19-11-3-1-2-9(6-11)8-15-18-14(20)13-7-12(16-17-13)10-4-5-10/h1-3,6-8,10,19H,4-5H2,(H,16,17)(H,18,20)/b15-8+. The Morgan fingerprint density at radius 2 is 2.30 bits per heavy atom. The van der Waals surface area contributed by atoms with E-state index in [1.807, 2.05) is 0 Å². The molecular weight excluding hydrogens is 256 g/mol. The van der Waals surface area contributed by atoms with E-state index in [0.717, 1.165) is 18.5 Å². The molecule has 1 saturated carbocycles. The number of aromatic nitrogens is 2. The molecule has 1 amide bonds. The fourth-order valence-electron chi connectivity index (χ4n) is 1.88. The summed E-state index contributed by atoms with van der Waals surface area (Å²) in [5, 5.41) is 20.0. The lowest BCUT2D eigenvalue weighted by Gasteiger charge is -1.96. The fraction of sp³-hybridized carbons (Fsp3) is 0.214. The number of carbonyl (C=O) groups is 1. The van der Waals surface area contributed by atoms with E-state index >= 15 is 0 Å². The quantitative estimate of drug-likeness (QED) is 0.584. The minimum absolute atomic E-state index is 0.154. The van der Waals surface area contributed by atoms with E-state index in [9.17, 15) is 9.90 Å². The van der Waals surface area contributed by atoms with Gasteiger partial charge in [0.25, 0.3) is 5.91 Å². The molecule has 0 unspecified atom stereocenters. The molecule has 6 heteroatoms. The van der Waals surface area contributed by atoms with Crippen LogP contribution in [0.25, 0.3) is 0 Å². The fourth-order valence-corrected chi connectivity index (χ4v) is 1.88. The van der Waals surface area contributed by atoms with Crippen LogP contribution in [-0.2, 0) is 0 Å². The van der Waals surface area contributed by atoms with Gasteiger partial charge in [-0.1, -0.05) is 12.1 Å². The number of carbonyl (C=O) groups excluding carboxylic acids is 1. The van der Waals surface area contributed by atoms with Gasteiger partial charge in [-0.05, 0) is 36.6 Å². The van der Waals surface area contributed by atoms with Crippen molar-refractivity contribution in [3.05, 3.63) is 47.3 Å². The normalized spacial score (nSPS) is 14.6. The Labute approximate surface area is 115 Å². The summed E-state index contributed by atoms with van der Waals surface area (Å²) in [4.78, 5) is 11.8. The summed E-state index contributed by atoms with van der Waals surface area (Å²) >= 11 is 0. The van der Waals surface area contributed by atoms with Crippen LogP contribution < -0.4 is 5.43 Å². The van der Waals surface area contributed by atoms with Gasteiger partial charge < -0.3 is 5.11 Å². The highest BCUT2D eigenvalue weighted by atomic mass is 16.3. The van der Waals surface area contributed by atoms with Crippen molar-refractivity contribution in [2.45, 2.75) is 18.8 Å². The molecule has 1 aliphatic carbocycles. The first-order chi connectivity index (χ1) is 9.72. The predicted octanol–water partition coefficient (Wildman–Crippen LogP) is 1.76. The number of hydrogen-bond acceptors (Lipinski definition) is 4. The molecule has 1 aromatic heterocycles. The zero-order chi connectivity index (χ0) is 13.9. The average Bonchev–Trinajstić information content (AvgIpc) is 3.16. The summed E-state index contributed by atoms with van der Waals surface area (Å²) in [6.07, 6.45) is 3.77. The second-order valence-corrected chi connectivity index (χ2v) is 4.78. The summed E-state index contributed by atoms with van der Waals surface area (Å²) in [5.74, 6) is 0.325. The molecular formula is C14H14N4O2. The van der Waals surface area contributed by atoms with E-state index in [4.69, 9.17) is 0 Å². The van der Waals surface area contributed by atoms with Crippen LogP contribution in [0.2, 0.25) is 0 Å². The first-order valence-electron chi connectivity index (χ1n) is 6.40. The summed E-state index contributed by atoms with van der Waals surface area (Å²) < 4.78 is 0. The topological polar surface area (TPSA) is 90.4 Å². The number of phenols is 1. The van der Waals surface area contributed by atoms with Crippen molar-refractivity contribution < 1.29 is 9.90 Å². The second kappa shape index (κ2) is 5.16. The molecule has 1 fully saturated rings. The van der Waals surface area contributed by atoms with Crippen LogP contribution in [0.3, 0.4) is 0 Å². The number of hydrazone groups is 1. The zero-order valence-corrected chi connectivity index (χ0v) is 10.7. The van der Waals surface area contributed by atoms with Gasteiger partial charge in [-0.3, -0.25) is 9.89 Å². The van der Waals surface area contributed by atoms with Gasteiger partial charge in [-0.15, -0.1) is 0 Å². The molecule has 0 radical (unpaired) electrons. The molecule has 1 heterocycles. The number of nitrogens with one attached hydrogen (secondary N) is 2. The Balaban J connectivity index is 1.60. The van der Waals surface area contributed by atoms with Crippen LogP contribution in [0.4, 0.5) is 0 Å². The average molecular weight is 270 g/mol. The van der Waals surface area contributed by atoms with Gasteiger partial charge in [-0.25, -0.2) is 5.43 Å².